The summed E-state index contributed by atoms with van der Waals surface area (Å²) in [5.74, 6) is 1.15. The van der Waals surface area contributed by atoms with Gasteiger partial charge in [-0.05, 0) is 49.4 Å². The number of ether oxygens (including phenoxy) is 1. The molecule has 0 saturated heterocycles. The van der Waals surface area contributed by atoms with Gasteiger partial charge in [-0.2, -0.15) is 0 Å². The third-order valence-electron chi connectivity index (χ3n) is 3.53. The maximum Gasteiger partial charge on any atom is 0.219 e. The second kappa shape index (κ2) is 7.98. The fourth-order valence-corrected chi connectivity index (χ4v) is 3.66. The second-order valence-corrected chi connectivity index (χ2v) is 8.01. The first kappa shape index (κ1) is 17.9. The number of rotatable bonds is 6. The number of nitrogens with zero attached hydrogens (tertiary/aromatic N) is 1. The van der Waals surface area contributed by atoms with Gasteiger partial charge in [-0.25, -0.2) is 4.98 Å². The number of aromatic nitrogens is 1. The normalized spacial score (nSPS) is 11.1. The topological polar surface area (TPSA) is 34.2 Å². The number of hydrogen-bond donors (Lipinski definition) is 1. The van der Waals surface area contributed by atoms with Gasteiger partial charge >= 0.3 is 0 Å². The van der Waals surface area contributed by atoms with Crippen LogP contribution in [0.5, 0.6) is 11.6 Å². The zero-order valence-electron chi connectivity index (χ0n) is 14.5. The molecule has 0 fully saturated rings. The lowest BCUT2D eigenvalue weighted by molar-refractivity contribution is 0.465. The molecule has 3 aromatic rings. The summed E-state index contributed by atoms with van der Waals surface area (Å²) < 4.78 is 5.89. The molecule has 3 rings (SSSR count). The zero-order valence-corrected chi connectivity index (χ0v) is 16.1. The molecule has 0 atom stereocenters. The van der Waals surface area contributed by atoms with Crippen LogP contribution < -0.4 is 10.1 Å². The van der Waals surface area contributed by atoms with Crippen LogP contribution in [0.4, 0.5) is 5.69 Å². The molecular weight excluding hydrogens is 352 g/mol. The van der Waals surface area contributed by atoms with Crippen molar-refractivity contribution < 1.29 is 4.74 Å². The number of nitrogens with one attached hydrogen (secondary N) is 1. The van der Waals surface area contributed by atoms with E-state index in [0.29, 0.717) is 21.9 Å². The molecule has 0 amide bonds. The lowest BCUT2D eigenvalue weighted by atomic mass is 10.2. The molecule has 0 aliphatic rings. The molecule has 3 nitrogen and oxygen atoms in total. The monoisotopic (exact) mass is 372 g/mol. The summed E-state index contributed by atoms with van der Waals surface area (Å²) >= 11 is 8.14. The van der Waals surface area contributed by atoms with Crippen molar-refractivity contribution in [2.75, 3.05) is 11.9 Å². The van der Waals surface area contributed by atoms with Crippen molar-refractivity contribution in [3.8, 4) is 11.6 Å². The Morgan fingerprint density at radius 1 is 1.12 bits per heavy atom. The summed E-state index contributed by atoms with van der Waals surface area (Å²) in [4.78, 5) is 5.70. The van der Waals surface area contributed by atoms with Crippen molar-refractivity contribution in [1.29, 1.82) is 0 Å². The molecule has 0 radical (unpaired) electrons. The van der Waals surface area contributed by atoms with Gasteiger partial charge in [0, 0.05) is 33.8 Å². The number of thioether (sulfide) groups is 1. The van der Waals surface area contributed by atoms with Crippen molar-refractivity contribution in [2.45, 2.75) is 30.9 Å². The Balaban J connectivity index is 1.81. The minimum atomic E-state index is 0.511. The lowest BCUT2D eigenvalue weighted by Gasteiger charge is -2.10. The van der Waals surface area contributed by atoms with Gasteiger partial charge in [0.25, 0.3) is 0 Å². The first-order valence-corrected chi connectivity index (χ1v) is 9.59. The largest absolute Gasteiger partial charge is 0.437 e. The standard InChI is InChI=1S/C20H21ClN2OS/c1-4-22-15-6-8-18-14(11-15)5-10-20(23-18)24-19-9-7-16(12-17(19)21)25-13(2)3/h5-13,22H,4H2,1-3H3. The molecule has 2 aromatic carbocycles. The molecule has 130 valence electrons. The Labute approximate surface area is 157 Å². The molecule has 0 saturated carbocycles. The highest BCUT2D eigenvalue weighted by molar-refractivity contribution is 7.99. The molecule has 1 N–H and O–H groups in total. The number of fused-ring (bicyclic) bond motifs is 1. The Hall–Kier alpha value is -1.91. The van der Waals surface area contributed by atoms with Crippen LogP contribution in [0.1, 0.15) is 20.8 Å². The van der Waals surface area contributed by atoms with Gasteiger partial charge in [-0.3, -0.25) is 0 Å². The molecule has 1 heterocycles. The van der Waals surface area contributed by atoms with E-state index >= 15 is 0 Å². The highest BCUT2D eigenvalue weighted by Gasteiger charge is 2.08. The third-order valence-corrected chi connectivity index (χ3v) is 4.83. The first-order valence-electron chi connectivity index (χ1n) is 8.34. The molecule has 1 aromatic heterocycles. The van der Waals surface area contributed by atoms with E-state index in [1.54, 1.807) is 11.8 Å². The summed E-state index contributed by atoms with van der Waals surface area (Å²) in [6.45, 7) is 7.28. The SMILES string of the molecule is CCNc1ccc2nc(Oc3ccc(SC(C)C)cc3Cl)ccc2c1. The molecule has 0 spiro atoms. The van der Waals surface area contributed by atoms with Crippen LogP contribution in [0.3, 0.4) is 0 Å². The van der Waals surface area contributed by atoms with E-state index in [0.717, 1.165) is 28.0 Å². The average molecular weight is 373 g/mol. The summed E-state index contributed by atoms with van der Waals surface area (Å²) in [6.07, 6.45) is 0. The van der Waals surface area contributed by atoms with Crippen molar-refractivity contribution in [3.05, 3.63) is 53.6 Å². The molecule has 5 heteroatoms. The van der Waals surface area contributed by atoms with Gasteiger partial charge in [0.2, 0.25) is 5.88 Å². The number of hydrogen-bond acceptors (Lipinski definition) is 4. The minimum absolute atomic E-state index is 0.511. The predicted molar refractivity (Wildman–Crippen MR) is 108 cm³/mol. The Kier molecular flexibility index (Phi) is 5.71. The Morgan fingerprint density at radius 3 is 2.68 bits per heavy atom. The predicted octanol–water partition coefficient (Wildman–Crippen LogP) is 6.61. The van der Waals surface area contributed by atoms with Gasteiger partial charge in [0.15, 0.2) is 0 Å². The number of anilines is 1. The lowest BCUT2D eigenvalue weighted by Crippen LogP contribution is -1.96. The quantitative estimate of drug-likeness (QED) is 0.493. The van der Waals surface area contributed by atoms with Gasteiger partial charge in [0.05, 0.1) is 10.5 Å². The summed E-state index contributed by atoms with van der Waals surface area (Å²) in [5, 5.41) is 5.48. The highest BCUT2D eigenvalue weighted by atomic mass is 35.5. The maximum absolute atomic E-state index is 6.36. The van der Waals surface area contributed by atoms with Crippen LogP contribution in [0.2, 0.25) is 5.02 Å². The molecule has 0 aliphatic heterocycles. The van der Waals surface area contributed by atoms with Crippen LogP contribution in [-0.2, 0) is 0 Å². The van der Waals surface area contributed by atoms with Crippen LogP contribution in [0.15, 0.2) is 53.4 Å². The van der Waals surface area contributed by atoms with Crippen LogP contribution in [-0.4, -0.2) is 16.8 Å². The van der Waals surface area contributed by atoms with E-state index < -0.39 is 0 Å². The molecular formula is C20H21ClN2OS. The minimum Gasteiger partial charge on any atom is -0.437 e. The van der Waals surface area contributed by atoms with E-state index in [2.05, 4.69) is 37.1 Å². The van der Waals surface area contributed by atoms with E-state index in [-0.39, 0.29) is 0 Å². The number of benzene rings is 2. The third kappa shape index (κ3) is 4.59. The molecule has 25 heavy (non-hydrogen) atoms. The summed E-state index contributed by atoms with van der Waals surface area (Å²) in [6, 6.07) is 15.8. The Morgan fingerprint density at radius 2 is 1.96 bits per heavy atom. The van der Waals surface area contributed by atoms with Crippen molar-refractivity contribution in [3.63, 3.8) is 0 Å². The van der Waals surface area contributed by atoms with Crippen LogP contribution in [0, 0.1) is 0 Å². The summed E-state index contributed by atoms with van der Waals surface area (Å²) in [5.41, 5.74) is 1.98. The van der Waals surface area contributed by atoms with Crippen molar-refractivity contribution in [2.24, 2.45) is 0 Å². The highest BCUT2D eigenvalue weighted by Crippen LogP contribution is 2.34. The molecule has 0 unspecified atom stereocenters. The van der Waals surface area contributed by atoms with E-state index in [1.165, 1.54) is 0 Å². The maximum atomic E-state index is 6.36. The number of pyridine rings is 1. The van der Waals surface area contributed by atoms with E-state index in [1.807, 2.05) is 42.5 Å². The van der Waals surface area contributed by atoms with Gasteiger partial charge in [0.1, 0.15) is 5.75 Å². The van der Waals surface area contributed by atoms with Crippen LogP contribution in [0.25, 0.3) is 10.9 Å². The van der Waals surface area contributed by atoms with Crippen molar-refractivity contribution in [1.82, 2.24) is 4.98 Å². The van der Waals surface area contributed by atoms with E-state index in [9.17, 15) is 0 Å². The molecule has 0 bridgehead atoms. The fourth-order valence-electron chi connectivity index (χ4n) is 2.50. The van der Waals surface area contributed by atoms with Gasteiger partial charge < -0.3 is 10.1 Å². The number of halogens is 1. The smallest absolute Gasteiger partial charge is 0.219 e. The molecule has 0 aliphatic carbocycles. The fraction of sp³-hybridized carbons (Fsp3) is 0.250. The van der Waals surface area contributed by atoms with Gasteiger partial charge in [-0.15, -0.1) is 11.8 Å². The van der Waals surface area contributed by atoms with Crippen molar-refractivity contribution >= 4 is 40.0 Å². The van der Waals surface area contributed by atoms with E-state index in [4.69, 9.17) is 16.3 Å². The average Bonchev–Trinajstić information content (AvgIpc) is 2.57. The Bertz CT molecular complexity index is 883. The zero-order chi connectivity index (χ0) is 17.8. The second-order valence-electron chi connectivity index (χ2n) is 5.95. The van der Waals surface area contributed by atoms with Gasteiger partial charge in [-0.1, -0.05) is 25.4 Å². The summed E-state index contributed by atoms with van der Waals surface area (Å²) in [7, 11) is 0. The van der Waals surface area contributed by atoms with Crippen LogP contribution >= 0.6 is 23.4 Å². The first-order chi connectivity index (χ1) is 12.0.